The lowest BCUT2D eigenvalue weighted by atomic mass is 10.3. The van der Waals surface area contributed by atoms with E-state index < -0.39 is 0 Å². The van der Waals surface area contributed by atoms with E-state index in [1.54, 1.807) is 6.26 Å². The second-order valence-electron chi connectivity index (χ2n) is 3.93. The highest BCUT2D eigenvalue weighted by Gasteiger charge is 2.16. The van der Waals surface area contributed by atoms with Crippen LogP contribution in [-0.2, 0) is 0 Å². The van der Waals surface area contributed by atoms with E-state index >= 15 is 0 Å². The molecule has 2 aromatic rings. The third-order valence-corrected chi connectivity index (χ3v) is 3.67. The van der Waals surface area contributed by atoms with Crippen LogP contribution in [0.1, 0.15) is 0 Å². The number of hydrogen-bond donors (Lipinski definition) is 1. The van der Waals surface area contributed by atoms with Crippen LogP contribution in [0, 0.1) is 4.51 Å². The maximum atomic E-state index is 5.84. The molecule has 3 rings (SSSR count). The van der Waals surface area contributed by atoms with E-state index in [0.717, 1.165) is 36.5 Å². The molecule has 2 aromatic heterocycles. The van der Waals surface area contributed by atoms with Crippen LogP contribution < -0.4 is 10.2 Å². The van der Waals surface area contributed by atoms with Crippen LogP contribution >= 0.6 is 28.1 Å². The molecule has 17 heavy (non-hydrogen) atoms. The summed E-state index contributed by atoms with van der Waals surface area (Å²) in [6.45, 7) is 3.79. The summed E-state index contributed by atoms with van der Waals surface area (Å²) < 4.78 is 12.7. The maximum Gasteiger partial charge on any atom is 0.197 e. The summed E-state index contributed by atoms with van der Waals surface area (Å²) in [7, 11) is 0. The van der Waals surface area contributed by atoms with Crippen LogP contribution in [0.4, 0.5) is 5.88 Å². The van der Waals surface area contributed by atoms with Gasteiger partial charge < -0.3 is 19.1 Å². The summed E-state index contributed by atoms with van der Waals surface area (Å²) in [6.07, 6.45) is 1.60. The molecule has 0 aromatic carbocycles. The molecule has 1 N–H and O–H groups in total. The van der Waals surface area contributed by atoms with Gasteiger partial charge in [0, 0.05) is 32.2 Å². The fourth-order valence-electron chi connectivity index (χ4n) is 1.94. The smallest absolute Gasteiger partial charge is 0.197 e. The molecule has 0 saturated carbocycles. The van der Waals surface area contributed by atoms with Gasteiger partial charge in [0.15, 0.2) is 17.1 Å². The number of halogens is 1. The summed E-state index contributed by atoms with van der Waals surface area (Å²) in [5, 5.41) is 3.31. The summed E-state index contributed by atoms with van der Waals surface area (Å²) >= 11 is 8.70. The second kappa shape index (κ2) is 4.44. The number of nitrogens with one attached hydrogen (secondary N) is 1. The average molecular weight is 315 g/mol. The standard InChI is InChI=1S/C11H11BrN2O2S/c12-7-6-15-11-8(17)5-9(16-10(7)11)14-3-1-13-2-4-14/h5-6,13H,1-4H2. The predicted molar refractivity (Wildman–Crippen MR) is 72.1 cm³/mol. The van der Waals surface area contributed by atoms with Gasteiger partial charge in [-0.15, -0.1) is 0 Å². The number of rotatable bonds is 1. The van der Waals surface area contributed by atoms with E-state index in [0.29, 0.717) is 15.7 Å². The number of nitrogens with zero attached hydrogens (tertiary/aromatic N) is 1. The number of fused-ring (bicyclic) bond motifs is 1. The Balaban J connectivity index is 2.10. The van der Waals surface area contributed by atoms with Gasteiger partial charge in [-0.05, 0) is 15.9 Å². The normalized spacial score (nSPS) is 16.6. The molecule has 0 unspecified atom stereocenters. The lowest BCUT2D eigenvalue weighted by Crippen LogP contribution is -2.43. The molecule has 90 valence electrons. The third kappa shape index (κ3) is 2.00. The van der Waals surface area contributed by atoms with Crippen molar-refractivity contribution in [2.75, 3.05) is 31.1 Å². The van der Waals surface area contributed by atoms with E-state index in [2.05, 4.69) is 26.1 Å². The van der Waals surface area contributed by atoms with Gasteiger partial charge in [0.2, 0.25) is 0 Å². The molecular weight excluding hydrogens is 304 g/mol. The Morgan fingerprint density at radius 1 is 1.29 bits per heavy atom. The van der Waals surface area contributed by atoms with Gasteiger partial charge in [-0.25, -0.2) is 0 Å². The lowest BCUT2D eigenvalue weighted by Gasteiger charge is -2.27. The topological polar surface area (TPSA) is 41.5 Å². The van der Waals surface area contributed by atoms with Crippen molar-refractivity contribution < 1.29 is 8.83 Å². The first kappa shape index (κ1) is 11.3. The Labute approximate surface area is 112 Å². The van der Waals surface area contributed by atoms with Crippen molar-refractivity contribution >= 4 is 45.2 Å². The number of hydrogen-bond acceptors (Lipinski definition) is 5. The molecule has 1 aliphatic rings. The highest BCUT2D eigenvalue weighted by molar-refractivity contribution is 9.10. The Hall–Kier alpha value is -0.850. The van der Waals surface area contributed by atoms with Gasteiger partial charge in [-0.3, -0.25) is 0 Å². The summed E-state index contributed by atoms with van der Waals surface area (Å²) in [5.74, 6) is 0.811. The quantitative estimate of drug-likeness (QED) is 0.820. The minimum absolute atomic E-state index is 0.630. The molecule has 0 radical (unpaired) electrons. The predicted octanol–water partition coefficient (Wildman–Crippen LogP) is 2.93. The molecule has 4 nitrogen and oxygen atoms in total. The zero-order valence-corrected chi connectivity index (χ0v) is 11.4. The molecule has 1 saturated heterocycles. The SMILES string of the molecule is S=c1cc(N2CCNCC2)oc2c(Br)coc12. The Morgan fingerprint density at radius 3 is 2.82 bits per heavy atom. The van der Waals surface area contributed by atoms with Crippen LogP contribution in [0.25, 0.3) is 11.2 Å². The van der Waals surface area contributed by atoms with Crippen molar-refractivity contribution in [1.82, 2.24) is 5.32 Å². The molecule has 3 heterocycles. The molecule has 1 fully saturated rings. The Bertz CT molecular complexity index is 601. The largest absolute Gasteiger partial charge is 0.458 e. The molecule has 0 aliphatic carbocycles. The third-order valence-electron chi connectivity index (χ3n) is 2.82. The fourth-order valence-corrected chi connectivity index (χ4v) is 2.54. The Morgan fingerprint density at radius 2 is 2.06 bits per heavy atom. The van der Waals surface area contributed by atoms with E-state index in [-0.39, 0.29) is 0 Å². The minimum atomic E-state index is 0.630. The fraction of sp³-hybridized carbons (Fsp3) is 0.364. The summed E-state index contributed by atoms with van der Waals surface area (Å²) in [4.78, 5) is 2.19. The number of furan rings is 1. The van der Waals surface area contributed by atoms with Crippen LogP contribution in [0.2, 0.25) is 0 Å². The highest BCUT2D eigenvalue weighted by atomic mass is 79.9. The van der Waals surface area contributed by atoms with Crippen molar-refractivity contribution in [1.29, 1.82) is 0 Å². The first-order chi connectivity index (χ1) is 8.25. The zero-order chi connectivity index (χ0) is 11.8. The van der Waals surface area contributed by atoms with Crippen molar-refractivity contribution in [2.45, 2.75) is 0 Å². The molecule has 0 atom stereocenters. The monoisotopic (exact) mass is 314 g/mol. The van der Waals surface area contributed by atoms with Gasteiger partial charge in [0.05, 0.1) is 8.98 Å². The van der Waals surface area contributed by atoms with E-state index in [9.17, 15) is 0 Å². The van der Waals surface area contributed by atoms with Crippen molar-refractivity contribution in [3.05, 3.63) is 21.3 Å². The first-order valence-electron chi connectivity index (χ1n) is 5.42. The minimum Gasteiger partial charge on any atom is -0.458 e. The number of piperazine rings is 1. The molecule has 0 amide bonds. The van der Waals surface area contributed by atoms with Crippen molar-refractivity contribution in [3.8, 4) is 0 Å². The maximum absolute atomic E-state index is 5.84. The summed E-state index contributed by atoms with van der Waals surface area (Å²) in [5.41, 5.74) is 1.32. The molecule has 0 spiro atoms. The van der Waals surface area contributed by atoms with Gasteiger partial charge in [-0.2, -0.15) is 0 Å². The van der Waals surface area contributed by atoms with E-state index in [4.69, 9.17) is 21.1 Å². The van der Waals surface area contributed by atoms with Crippen molar-refractivity contribution in [3.63, 3.8) is 0 Å². The highest BCUT2D eigenvalue weighted by Crippen LogP contribution is 2.31. The van der Waals surface area contributed by atoms with E-state index in [1.165, 1.54) is 0 Å². The summed E-state index contributed by atoms with van der Waals surface area (Å²) in [6, 6.07) is 1.86. The second-order valence-corrected chi connectivity index (χ2v) is 5.22. The molecule has 6 heteroatoms. The lowest BCUT2D eigenvalue weighted by molar-refractivity contribution is 0.518. The van der Waals surface area contributed by atoms with Gasteiger partial charge >= 0.3 is 0 Å². The zero-order valence-electron chi connectivity index (χ0n) is 9.03. The Kier molecular flexibility index (Phi) is 2.94. The van der Waals surface area contributed by atoms with Crippen molar-refractivity contribution in [2.24, 2.45) is 0 Å². The van der Waals surface area contributed by atoms with Crippen LogP contribution in [0.15, 0.2) is 25.6 Å². The van der Waals surface area contributed by atoms with Gasteiger partial charge in [0.1, 0.15) is 6.26 Å². The molecule has 1 aliphatic heterocycles. The first-order valence-corrected chi connectivity index (χ1v) is 6.62. The molecule has 0 bridgehead atoms. The van der Waals surface area contributed by atoms with Crippen LogP contribution in [0.3, 0.4) is 0 Å². The molecular formula is C11H11BrN2O2S. The number of anilines is 1. The van der Waals surface area contributed by atoms with Gasteiger partial charge in [-0.1, -0.05) is 12.2 Å². The van der Waals surface area contributed by atoms with Gasteiger partial charge in [0.25, 0.3) is 0 Å². The van der Waals surface area contributed by atoms with Crippen LogP contribution in [-0.4, -0.2) is 26.2 Å². The van der Waals surface area contributed by atoms with E-state index in [1.807, 2.05) is 6.07 Å². The van der Waals surface area contributed by atoms with Crippen LogP contribution in [0.5, 0.6) is 0 Å². The average Bonchev–Trinajstić information content (AvgIpc) is 2.73.